The lowest BCUT2D eigenvalue weighted by Gasteiger charge is -2.32. The van der Waals surface area contributed by atoms with Gasteiger partial charge in [0.25, 0.3) is 0 Å². The smallest absolute Gasteiger partial charge is 0.233 e. The molecule has 0 aliphatic carbocycles. The van der Waals surface area contributed by atoms with Crippen molar-refractivity contribution in [3.05, 3.63) is 29.8 Å². The van der Waals surface area contributed by atoms with Crippen molar-refractivity contribution in [3.8, 4) is 5.75 Å². The fourth-order valence-corrected chi connectivity index (χ4v) is 2.80. The molecule has 0 bridgehead atoms. The number of fused-ring (bicyclic) bond motifs is 1. The number of amides is 1. The van der Waals surface area contributed by atoms with E-state index in [9.17, 15) is 4.79 Å². The van der Waals surface area contributed by atoms with E-state index in [1.807, 2.05) is 29.2 Å². The second kappa shape index (κ2) is 4.61. The molecular formula is C14H18N2O2. The summed E-state index contributed by atoms with van der Waals surface area (Å²) in [5.41, 5.74) is 6.95. The zero-order valence-corrected chi connectivity index (χ0v) is 10.3. The van der Waals surface area contributed by atoms with Crippen molar-refractivity contribution < 1.29 is 9.53 Å². The maximum Gasteiger partial charge on any atom is 0.233 e. The number of hydrogen-bond acceptors (Lipinski definition) is 3. The van der Waals surface area contributed by atoms with Crippen LogP contribution >= 0.6 is 0 Å². The highest BCUT2D eigenvalue weighted by atomic mass is 16.5. The highest BCUT2D eigenvalue weighted by Crippen LogP contribution is 2.34. The van der Waals surface area contributed by atoms with Gasteiger partial charge < -0.3 is 15.4 Å². The first-order chi connectivity index (χ1) is 8.75. The fourth-order valence-electron chi connectivity index (χ4n) is 2.80. The van der Waals surface area contributed by atoms with Gasteiger partial charge in [0.2, 0.25) is 5.91 Å². The van der Waals surface area contributed by atoms with Crippen molar-refractivity contribution in [2.24, 2.45) is 5.73 Å². The Morgan fingerprint density at radius 2 is 2.22 bits per heavy atom. The molecule has 0 radical (unpaired) electrons. The molecule has 1 amide bonds. The van der Waals surface area contributed by atoms with Gasteiger partial charge in [0.1, 0.15) is 18.3 Å². The van der Waals surface area contributed by atoms with Crippen molar-refractivity contribution >= 4 is 5.91 Å². The average molecular weight is 246 g/mol. The van der Waals surface area contributed by atoms with Crippen molar-refractivity contribution in [3.63, 3.8) is 0 Å². The second-order valence-electron chi connectivity index (χ2n) is 5.09. The van der Waals surface area contributed by atoms with Gasteiger partial charge >= 0.3 is 0 Å². The zero-order chi connectivity index (χ0) is 12.5. The number of rotatable bonds is 1. The third-order valence-electron chi connectivity index (χ3n) is 3.77. The number of nitrogens with zero attached hydrogens (tertiary/aromatic N) is 1. The maximum absolute atomic E-state index is 12.5. The highest BCUT2D eigenvalue weighted by molar-refractivity contribution is 5.85. The molecule has 3 rings (SSSR count). The van der Waals surface area contributed by atoms with E-state index in [0.29, 0.717) is 13.2 Å². The number of nitrogens with two attached hydrogens (primary N) is 1. The van der Waals surface area contributed by atoms with Crippen molar-refractivity contribution in [2.45, 2.75) is 24.8 Å². The van der Waals surface area contributed by atoms with Crippen LogP contribution in [0.2, 0.25) is 0 Å². The Hall–Kier alpha value is -1.55. The first-order valence-corrected chi connectivity index (χ1v) is 6.52. The third kappa shape index (κ3) is 1.97. The molecular weight excluding hydrogens is 228 g/mol. The largest absolute Gasteiger partial charge is 0.492 e. The van der Waals surface area contributed by atoms with Gasteiger partial charge in [-0.3, -0.25) is 4.79 Å². The molecule has 18 heavy (non-hydrogen) atoms. The number of carbonyl (C=O) groups is 1. The van der Waals surface area contributed by atoms with Gasteiger partial charge in [-0.1, -0.05) is 18.2 Å². The average Bonchev–Trinajstić information content (AvgIpc) is 2.82. The molecule has 2 aliphatic rings. The first-order valence-electron chi connectivity index (χ1n) is 6.52. The lowest BCUT2D eigenvalue weighted by atomic mass is 9.98. The molecule has 2 heterocycles. The molecule has 0 unspecified atom stereocenters. The molecule has 96 valence electrons. The fraction of sp³-hybridized carbons (Fsp3) is 0.500. The molecule has 2 N–H and O–H groups in total. The molecule has 4 nitrogen and oxygen atoms in total. The summed E-state index contributed by atoms with van der Waals surface area (Å²) in [5.74, 6) is 0.860. The van der Waals surface area contributed by atoms with Gasteiger partial charge in [-0.25, -0.2) is 0 Å². The summed E-state index contributed by atoms with van der Waals surface area (Å²) in [6.07, 6.45) is 2.02. The minimum absolute atomic E-state index is 0.125. The summed E-state index contributed by atoms with van der Waals surface area (Å²) in [6, 6.07) is 7.91. The van der Waals surface area contributed by atoms with E-state index in [-0.39, 0.29) is 17.9 Å². The van der Waals surface area contributed by atoms with Crippen LogP contribution in [0.4, 0.5) is 0 Å². The van der Waals surface area contributed by atoms with E-state index in [1.165, 1.54) is 0 Å². The van der Waals surface area contributed by atoms with Gasteiger partial charge in [0.05, 0.1) is 0 Å². The normalized spacial score (nSPS) is 26.6. The number of piperidine rings is 1. The van der Waals surface area contributed by atoms with Gasteiger partial charge in [0, 0.05) is 24.7 Å². The topological polar surface area (TPSA) is 55.6 Å². The Kier molecular flexibility index (Phi) is 2.96. The Morgan fingerprint density at radius 1 is 1.39 bits per heavy atom. The van der Waals surface area contributed by atoms with Gasteiger partial charge in [-0.15, -0.1) is 0 Å². The number of para-hydroxylation sites is 1. The standard InChI is InChI=1S/C14H18N2O2/c15-10-4-3-7-16(8-10)14(17)12-9-18-13-6-2-1-5-11(12)13/h1-2,5-6,10,12H,3-4,7-9,15H2/t10-,12+/m0/s1. The van der Waals surface area contributed by atoms with Crippen LogP contribution in [-0.2, 0) is 4.79 Å². The Morgan fingerprint density at radius 3 is 3.06 bits per heavy atom. The number of hydrogen-bond donors (Lipinski definition) is 1. The summed E-state index contributed by atoms with van der Waals surface area (Å²) >= 11 is 0. The minimum Gasteiger partial charge on any atom is -0.492 e. The van der Waals surface area contributed by atoms with E-state index in [2.05, 4.69) is 0 Å². The van der Waals surface area contributed by atoms with E-state index in [0.717, 1.165) is 30.7 Å². The number of benzene rings is 1. The molecule has 2 atom stereocenters. The van der Waals surface area contributed by atoms with Crippen LogP contribution in [0.1, 0.15) is 24.3 Å². The Bertz CT molecular complexity index is 461. The quantitative estimate of drug-likeness (QED) is 0.807. The van der Waals surface area contributed by atoms with Crippen molar-refractivity contribution in [2.75, 3.05) is 19.7 Å². The van der Waals surface area contributed by atoms with Gasteiger partial charge in [-0.2, -0.15) is 0 Å². The predicted octanol–water partition coefficient (Wildman–Crippen LogP) is 1.11. The van der Waals surface area contributed by atoms with Crippen LogP contribution in [0.5, 0.6) is 5.75 Å². The van der Waals surface area contributed by atoms with Crippen molar-refractivity contribution in [1.29, 1.82) is 0 Å². The monoisotopic (exact) mass is 246 g/mol. The number of likely N-dealkylation sites (tertiary alicyclic amines) is 1. The molecule has 1 fully saturated rings. The SMILES string of the molecule is N[C@H]1CCCN(C(=O)[C@@H]2COc3ccccc32)C1. The van der Waals surface area contributed by atoms with Gasteiger partial charge in [-0.05, 0) is 18.9 Å². The van der Waals surface area contributed by atoms with Crippen molar-refractivity contribution in [1.82, 2.24) is 4.90 Å². The molecule has 0 spiro atoms. The molecule has 4 heteroatoms. The lowest BCUT2D eigenvalue weighted by molar-refractivity contribution is -0.134. The number of carbonyl (C=O) groups excluding carboxylic acids is 1. The molecule has 0 saturated carbocycles. The molecule has 1 saturated heterocycles. The second-order valence-corrected chi connectivity index (χ2v) is 5.09. The maximum atomic E-state index is 12.5. The van der Waals surface area contributed by atoms with E-state index in [1.54, 1.807) is 0 Å². The molecule has 2 aliphatic heterocycles. The molecule has 1 aromatic carbocycles. The van der Waals surface area contributed by atoms with E-state index < -0.39 is 0 Å². The molecule has 0 aromatic heterocycles. The zero-order valence-electron chi connectivity index (χ0n) is 10.3. The van der Waals surface area contributed by atoms with E-state index in [4.69, 9.17) is 10.5 Å². The summed E-state index contributed by atoms with van der Waals surface area (Å²) in [6.45, 7) is 1.96. The third-order valence-corrected chi connectivity index (χ3v) is 3.77. The Labute approximate surface area is 107 Å². The summed E-state index contributed by atoms with van der Waals surface area (Å²) in [5, 5.41) is 0. The van der Waals surface area contributed by atoms with E-state index >= 15 is 0 Å². The van der Waals surface area contributed by atoms with Crippen LogP contribution in [0.3, 0.4) is 0 Å². The number of ether oxygens (including phenoxy) is 1. The minimum atomic E-state index is -0.147. The molecule has 1 aromatic rings. The first kappa shape index (κ1) is 11.5. The van der Waals surface area contributed by atoms with Crippen LogP contribution in [-0.4, -0.2) is 36.5 Å². The highest BCUT2D eigenvalue weighted by Gasteiger charge is 2.34. The van der Waals surface area contributed by atoms with Crippen LogP contribution in [0.25, 0.3) is 0 Å². The van der Waals surface area contributed by atoms with Gasteiger partial charge in [0.15, 0.2) is 0 Å². The predicted molar refractivity (Wildman–Crippen MR) is 68.5 cm³/mol. The van der Waals surface area contributed by atoms with Crippen LogP contribution < -0.4 is 10.5 Å². The summed E-state index contributed by atoms with van der Waals surface area (Å²) in [7, 11) is 0. The van der Waals surface area contributed by atoms with Crippen LogP contribution in [0, 0.1) is 0 Å². The Balaban J connectivity index is 1.78. The van der Waals surface area contributed by atoms with Crippen LogP contribution in [0.15, 0.2) is 24.3 Å². The summed E-state index contributed by atoms with van der Waals surface area (Å²) < 4.78 is 5.57. The lowest BCUT2D eigenvalue weighted by Crippen LogP contribution is -2.47. The summed E-state index contributed by atoms with van der Waals surface area (Å²) in [4.78, 5) is 14.4.